The van der Waals surface area contributed by atoms with Crippen molar-refractivity contribution in [2.24, 2.45) is 12.8 Å². The number of rotatable bonds is 1. The van der Waals surface area contributed by atoms with Crippen LogP contribution in [0.5, 0.6) is 0 Å². The number of imidazole rings is 1. The number of aryl methyl sites for hydroxylation is 2. The average molecular weight is 195 g/mol. The Morgan fingerprint density at radius 3 is 2.64 bits per heavy atom. The van der Waals surface area contributed by atoms with E-state index in [4.69, 9.17) is 5.73 Å². The van der Waals surface area contributed by atoms with E-state index in [1.165, 1.54) is 0 Å². The highest BCUT2D eigenvalue weighted by molar-refractivity contribution is 5.01. The minimum atomic E-state index is 0.0848. The third-order valence-electron chi connectivity index (χ3n) is 3.08. The van der Waals surface area contributed by atoms with Crippen molar-refractivity contribution in [3.8, 4) is 0 Å². The maximum atomic E-state index is 11.8. The van der Waals surface area contributed by atoms with Gasteiger partial charge in [0, 0.05) is 31.0 Å². The molecule has 0 saturated heterocycles. The maximum absolute atomic E-state index is 11.8. The second-order valence-corrected chi connectivity index (χ2v) is 4.26. The molecule has 2 rings (SSSR count). The van der Waals surface area contributed by atoms with Crippen molar-refractivity contribution < 1.29 is 0 Å². The number of nitrogens with two attached hydrogens (primary N) is 1. The molecule has 1 heterocycles. The van der Waals surface area contributed by atoms with Gasteiger partial charge in [0.15, 0.2) is 0 Å². The maximum Gasteiger partial charge on any atom is 0.328 e. The summed E-state index contributed by atoms with van der Waals surface area (Å²) in [6, 6.07) is 0.588. The zero-order valence-electron chi connectivity index (χ0n) is 8.73. The fraction of sp³-hybridized carbons (Fsp3) is 0.700. The van der Waals surface area contributed by atoms with Crippen molar-refractivity contribution in [2.75, 3.05) is 0 Å². The van der Waals surface area contributed by atoms with Gasteiger partial charge in [-0.2, -0.15) is 0 Å². The van der Waals surface area contributed by atoms with E-state index in [-0.39, 0.29) is 11.7 Å². The van der Waals surface area contributed by atoms with Gasteiger partial charge >= 0.3 is 5.69 Å². The fourth-order valence-corrected chi connectivity index (χ4v) is 2.39. The van der Waals surface area contributed by atoms with Crippen LogP contribution in [0.3, 0.4) is 0 Å². The summed E-state index contributed by atoms with van der Waals surface area (Å²) in [5, 5.41) is 0. The number of nitrogens with zero attached hydrogens (tertiary/aromatic N) is 2. The highest BCUT2D eigenvalue weighted by atomic mass is 16.1. The summed E-state index contributed by atoms with van der Waals surface area (Å²) in [5.74, 6) is 0. The normalized spacial score (nSPS) is 27.1. The summed E-state index contributed by atoms with van der Waals surface area (Å²) >= 11 is 0. The van der Waals surface area contributed by atoms with Crippen LogP contribution in [0, 0.1) is 6.92 Å². The third kappa shape index (κ3) is 1.39. The van der Waals surface area contributed by atoms with Crippen LogP contribution in [0.1, 0.15) is 31.0 Å². The van der Waals surface area contributed by atoms with Gasteiger partial charge in [0.25, 0.3) is 0 Å². The summed E-state index contributed by atoms with van der Waals surface area (Å²) in [6.45, 7) is 1.98. The van der Waals surface area contributed by atoms with E-state index in [9.17, 15) is 4.79 Å². The Labute approximate surface area is 83.3 Å². The van der Waals surface area contributed by atoms with E-state index < -0.39 is 0 Å². The van der Waals surface area contributed by atoms with Crippen LogP contribution in [0.25, 0.3) is 0 Å². The monoisotopic (exact) mass is 195 g/mol. The Bertz CT molecular complexity index is 391. The lowest BCUT2D eigenvalue weighted by Gasteiger charge is -2.12. The second kappa shape index (κ2) is 3.28. The molecular weight excluding hydrogens is 178 g/mol. The second-order valence-electron chi connectivity index (χ2n) is 4.26. The van der Waals surface area contributed by atoms with Crippen molar-refractivity contribution in [2.45, 2.75) is 38.3 Å². The predicted molar refractivity (Wildman–Crippen MR) is 55.3 cm³/mol. The average Bonchev–Trinajstić information content (AvgIpc) is 2.60. The van der Waals surface area contributed by atoms with Gasteiger partial charge in [-0.1, -0.05) is 0 Å². The van der Waals surface area contributed by atoms with Gasteiger partial charge < -0.3 is 10.3 Å². The lowest BCUT2D eigenvalue weighted by Crippen LogP contribution is -2.26. The van der Waals surface area contributed by atoms with Gasteiger partial charge in [0.2, 0.25) is 0 Å². The number of aromatic nitrogens is 2. The van der Waals surface area contributed by atoms with Crippen LogP contribution >= 0.6 is 0 Å². The SMILES string of the molecule is Cc1cn(C)c(=O)n1C1CCC(N)C1. The topological polar surface area (TPSA) is 53.0 Å². The first-order valence-corrected chi connectivity index (χ1v) is 5.09. The van der Waals surface area contributed by atoms with Gasteiger partial charge in [-0.05, 0) is 26.2 Å². The molecule has 0 radical (unpaired) electrons. The summed E-state index contributed by atoms with van der Waals surface area (Å²) in [6.07, 6.45) is 4.88. The molecule has 2 unspecified atom stereocenters. The molecule has 0 amide bonds. The Morgan fingerprint density at radius 1 is 1.50 bits per heavy atom. The molecule has 0 bridgehead atoms. The van der Waals surface area contributed by atoms with Crippen LogP contribution in [0.4, 0.5) is 0 Å². The van der Waals surface area contributed by atoms with Crippen LogP contribution in [-0.4, -0.2) is 15.2 Å². The van der Waals surface area contributed by atoms with Crippen LogP contribution in [0.15, 0.2) is 11.0 Å². The van der Waals surface area contributed by atoms with Crippen molar-refractivity contribution in [3.05, 3.63) is 22.4 Å². The molecule has 1 fully saturated rings. The molecule has 1 aromatic rings. The van der Waals surface area contributed by atoms with E-state index in [1.807, 2.05) is 17.7 Å². The first-order chi connectivity index (χ1) is 6.59. The molecule has 14 heavy (non-hydrogen) atoms. The largest absolute Gasteiger partial charge is 0.328 e. The summed E-state index contributed by atoms with van der Waals surface area (Å²) in [4.78, 5) is 11.8. The minimum absolute atomic E-state index is 0.0848. The predicted octanol–water partition coefficient (Wildman–Crippen LogP) is 0.548. The third-order valence-corrected chi connectivity index (χ3v) is 3.08. The summed E-state index contributed by atoms with van der Waals surface area (Å²) in [7, 11) is 1.79. The lowest BCUT2D eigenvalue weighted by atomic mass is 10.2. The van der Waals surface area contributed by atoms with Crippen molar-refractivity contribution in [1.29, 1.82) is 0 Å². The van der Waals surface area contributed by atoms with Crippen molar-refractivity contribution >= 4 is 0 Å². The number of hydrogen-bond acceptors (Lipinski definition) is 2. The number of hydrogen-bond donors (Lipinski definition) is 1. The Morgan fingerprint density at radius 2 is 2.21 bits per heavy atom. The molecule has 0 aromatic carbocycles. The smallest absolute Gasteiger partial charge is 0.328 e. The van der Waals surface area contributed by atoms with Gasteiger partial charge in [0.1, 0.15) is 0 Å². The van der Waals surface area contributed by atoms with E-state index in [0.717, 1.165) is 25.0 Å². The van der Waals surface area contributed by atoms with Gasteiger partial charge in [-0.25, -0.2) is 4.79 Å². The highest BCUT2D eigenvalue weighted by Gasteiger charge is 2.25. The molecule has 1 saturated carbocycles. The molecule has 1 aliphatic rings. The lowest BCUT2D eigenvalue weighted by molar-refractivity contribution is 0.481. The standard InChI is InChI=1S/C10H17N3O/c1-7-6-12(2)10(14)13(7)9-4-3-8(11)5-9/h6,8-9H,3-5,11H2,1-2H3. The van der Waals surface area contributed by atoms with Crippen LogP contribution < -0.4 is 11.4 Å². The first kappa shape index (κ1) is 9.52. The van der Waals surface area contributed by atoms with Gasteiger partial charge in [-0.15, -0.1) is 0 Å². The van der Waals surface area contributed by atoms with E-state index in [2.05, 4.69) is 0 Å². The quantitative estimate of drug-likeness (QED) is 0.711. The summed E-state index contributed by atoms with van der Waals surface area (Å²) < 4.78 is 3.52. The van der Waals surface area contributed by atoms with E-state index in [0.29, 0.717) is 6.04 Å². The highest BCUT2D eigenvalue weighted by Crippen LogP contribution is 2.28. The Kier molecular flexibility index (Phi) is 2.23. The molecule has 1 aromatic heterocycles. The Balaban J connectivity index is 2.37. The van der Waals surface area contributed by atoms with E-state index >= 15 is 0 Å². The molecule has 2 atom stereocenters. The molecule has 0 aliphatic heterocycles. The van der Waals surface area contributed by atoms with Gasteiger partial charge in [-0.3, -0.25) is 4.57 Å². The Hall–Kier alpha value is -1.03. The zero-order chi connectivity index (χ0) is 10.3. The van der Waals surface area contributed by atoms with Gasteiger partial charge in [0.05, 0.1) is 0 Å². The molecule has 2 N–H and O–H groups in total. The molecule has 4 heteroatoms. The van der Waals surface area contributed by atoms with Crippen molar-refractivity contribution in [1.82, 2.24) is 9.13 Å². The molecular formula is C10H17N3O. The molecule has 0 spiro atoms. The van der Waals surface area contributed by atoms with Crippen LogP contribution in [0.2, 0.25) is 0 Å². The molecule has 1 aliphatic carbocycles. The molecule has 4 nitrogen and oxygen atoms in total. The van der Waals surface area contributed by atoms with E-state index in [1.54, 1.807) is 11.6 Å². The van der Waals surface area contributed by atoms with Crippen molar-refractivity contribution in [3.63, 3.8) is 0 Å². The van der Waals surface area contributed by atoms with Crippen LogP contribution in [-0.2, 0) is 7.05 Å². The zero-order valence-corrected chi connectivity index (χ0v) is 8.73. The minimum Gasteiger partial charge on any atom is -0.328 e. The first-order valence-electron chi connectivity index (χ1n) is 5.09. The summed E-state index contributed by atoms with van der Waals surface area (Å²) in [5.41, 5.74) is 6.97. The molecule has 78 valence electrons. The fourth-order valence-electron chi connectivity index (χ4n) is 2.39.